The molecule has 1 heterocycles. The van der Waals surface area contributed by atoms with Crippen LogP contribution in [0.2, 0.25) is 0 Å². The van der Waals surface area contributed by atoms with Gasteiger partial charge < -0.3 is 14.8 Å². The van der Waals surface area contributed by atoms with Gasteiger partial charge in [0, 0.05) is 24.7 Å². The largest absolute Gasteiger partial charge is 0.508 e. The lowest BCUT2D eigenvalue weighted by molar-refractivity contribution is 0.467. The van der Waals surface area contributed by atoms with Gasteiger partial charge in [-0.05, 0) is 23.8 Å². The van der Waals surface area contributed by atoms with Crippen molar-refractivity contribution in [1.82, 2.24) is 5.32 Å². The maximum Gasteiger partial charge on any atom is 0.127 e. The van der Waals surface area contributed by atoms with Crippen LogP contribution in [0.5, 0.6) is 5.75 Å². The Labute approximate surface area is 92.5 Å². The van der Waals surface area contributed by atoms with E-state index >= 15 is 0 Å². The normalized spacial score (nSPS) is 10.6. The third kappa shape index (κ3) is 2.84. The van der Waals surface area contributed by atoms with Gasteiger partial charge >= 0.3 is 0 Å². The minimum atomic E-state index is -0.430. The average molecular weight is 221 g/mol. The monoisotopic (exact) mass is 221 g/mol. The van der Waals surface area contributed by atoms with Gasteiger partial charge in [-0.1, -0.05) is 0 Å². The van der Waals surface area contributed by atoms with Gasteiger partial charge in [-0.25, -0.2) is 4.39 Å². The van der Waals surface area contributed by atoms with Crippen LogP contribution in [0.3, 0.4) is 0 Å². The molecule has 0 radical (unpaired) electrons. The van der Waals surface area contributed by atoms with E-state index in [2.05, 4.69) is 5.32 Å². The number of halogens is 1. The number of benzene rings is 1. The summed E-state index contributed by atoms with van der Waals surface area (Å²) in [6.45, 7) is 1.14. The van der Waals surface area contributed by atoms with Crippen LogP contribution in [0, 0.1) is 5.82 Å². The molecule has 84 valence electrons. The SMILES string of the molecule is Oc1cc(F)cc(CNCc2ccoc2)c1. The Hall–Kier alpha value is -1.81. The molecule has 0 aliphatic carbocycles. The molecule has 0 bridgehead atoms. The van der Waals surface area contributed by atoms with E-state index in [1.165, 1.54) is 12.1 Å². The third-order valence-corrected chi connectivity index (χ3v) is 2.18. The van der Waals surface area contributed by atoms with Gasteiger partial charge in [0.15, 0.2) is 0 Å². The summed E-state index contributed by atoms with van der Waals surface area (Å²) >= 11 is 0. The molecule has 0 saturated heterocycles. The molecule has 2 aromatic rings. The van der Waals surface area contributed by atoms with Crippen LogP contribution >= 0.6 is 0 Å². The van der Waals surface area contributed by atoms with Gasteiger partial charge in [-0.2, -0.15) is 0 Å². The maximum absolute atomic E-state index is 12.9. The molecule has 2 rings (SSSR count). The molecule has 16 heavy (non-hydrogen) atoms. The van der Waals surface area contributed by atoms with Crippen LogP contribution < -0.4 is 5.32 Å². The fourth-order valence-corrected chi connectivity index (χ4v) is 1.48. The first kappa shape index (κ1) is 10.7. The molecule has 0 fully saturated rings. The van der Waals surface area contributed by atoms with E-state index in [9.17, 15) is 9.50 Å². The third-order valence-electron chi connectivity index (χ3n) is 2.18. The fraction of sp³-hybridized carbons (Fsp3) is 0.167. The Morgan fingerprint density at radius 3 is 2.69 bits per heavy atom. The summed E-state index contributed by atoms with van der Waals surface area (Å²) in [4.78, 5) is 0. The van der Waals surface area contributed by atoms with E-state index < -0.39 is 5.82 Å². The number of rotatable bonds is 4. The number of hydrogen-bond acceptors (Lipinski definition) is 3. The Balaban J connectivity index is 1.89. The fourth-order valence-electron chi connectivity index (χ4n) is 1.48. The van der Waals surface area contributed by atoms with Crippen molar-refractivity contribution in [3.05, 3.63) is 53.7 Å². The van der Waals surface area contributed by atoms with Crippen molar-refractivity contribution in [1.29, 1.82) is 0 Å². The van der Waals surface area contributed by atoms with Crippen molar-refractivity contribution in [3.8, 4) is 5.75 Å². The smallest absolute Gasteiger partial charge is 0.127 e. The summed E-state index contributed by atoms with van der Waals surface area (Å²) in [5, 5.41) is 12.3. The number of aromatic hydroxyl groups is 1. The molecule has 2 N–H and O–H groups in total. The molecule has 0 unspecified atom stereocenters. The Morgan fingerprint density at radius 2 is 2.00 bits per heavy atom. The standard InChI is InChI=1S/C12H12FNO2/c13-11-3-10(4-12(15)5-11)7-14-6-9-1-2-16-8-9/h1-5,8,14-15H,6-7H2. The first-order valence-electron chi connectivity index (χ1n) is 4.94. The van der Waals surface area contributed by atoms with E-state index in [-0.39, 0.29) is 5.75 Å². The summed E-state index contributed by atoms with van der Waals surface area (Å²) in [5.41, 5.74) is 1.74. The first-order chi connectivity index (χ1) is 7.74. The van der Waals surface area contributed by atoms with Crippen molar-refractivity contribution < 1.29 is 13.9 Å². The lowest BCUT2D eigenvalue weighted by atomic mass is 10.2. The molecular formula is C12H12FNO2. The van der Waals surface area contributed by atoms with Gasteiger partial charge in [-0.3, -0.25) is 0 Å². The van der Waals surface area contributed by atoms with Crippen LogP contribution in [0.1, 0.15) is 11.1 Å². The summed E-state index contributed by atoms with van der Waals surface area (Å²) in [6, 6.07) is 5.86. The number of phenolic OH excluding ortho intramolecular Hbond substituents is 1. The Kier molecular flexibility index (Phi) is 3.22. The Morgan fingerprint density at radius 1 is 1.19 bits per heavy atom. The van der Waals surface area contributed by atoms with Crippen LogP contribution in [-0.2, 0) is 13.1 Å². The van der Waals surface area contributed by atoms with Crippen molar-refractivity contribution in [3.63, 3.8) is 0 Å². The average Bonchev–Trinajstić information content (AvgIpc) is 2.69. The second kappa shape index (κ2) is 4.81. The van der Waals surface area contributed by atoms with E-state index in [0.29, 0.717) is 18.7 Å². The lowest BCUT2D eigenvalue weighted by Crippen LogP contribution is -2.12. The van der Waals surface area contributed by atoms with E-state index in [1.54, 1.807) is 12.5 Å². The van der Waals surface area contributed by atoms with Crippen molar-refractivity contribution in [2.45, 2.75) is 13.1 Å². The van der Waals surface area contributed by atoms with Gasteiger partial charge in [0.25, 0.3) is 0 Å². The number of furan rings is 1. The summed E-state index contributed by atoms with van der Waals surface area (Å²) < 4.78 is 17.8. The highest BCUT2D eigenvalue weighted by Gasteiger charge is 2.00. The van der Waals surface area contributed by atoms with Gasteiger partial charge in [0.1, 0.15) is 11.6 Å². The minimum absolute atomic E-state index is 0.0555. The highest BCUT2D eigenvalue weighted by atomic mass is 19.1. The lowest BCUT2D eigenvalue weighted by Gasteiger charge is -2.04. The predicted octanol–water partition coefficient (Wildman–Crippen LogP) is 2.41. The zero-order valence-corrected chi connectivity index (χ0v) is 8.61. The molecule has 1 aromatic carbocycles. The predicted molar refractivity (Wildman–Crippen MR) is 57.3 cm³/mol. The van der Waals surface area contributed by atoms with Crippen molar-refractivity contribution in [2.24, 2.45) is 0 Å². The molecule has 0 aliphatic heterocycles. The van der Waals surface area contributed by atoms with Crippen LogP contribution in [-0.4, -0.2) is 5.11 Å². The molecule has 0 atom stereocenters. The van der Waals surface area contributed by atoms with Crippen molar-refractivity contribution >= 4 is 0 Å². The first-order valence-corrected chi connectivity index (χ1v) is 4.94. The van der Waals surface area contributed by atoms with Gasteiger partial charge in [-0.15, -0.1) is 0 Å². The molecule has 3 nitrogen and oxygen atoms in total. The Bertz CT molecular complexity index is 434. The highest BCUT2D eigenvalue weighted by molar-refractivity contribution is 5.28. The van der Waals surface area contributed by atoms with Crippen LogP contribution in [0.15, 0.2) is 41.2 Å². The quantitative estimate of drug-likeness (QED) is 0.833. The molecule has 0 spiro atoms. The minimum Gasteiger partial charge on any atom is -0.508 e. The summed E-state index contributed by atoms with van der Waals surface area (Å²) in [5.74, 6) is -0.486. The van der Waals surface area contributed by atoms with Gasteiger partial charge in [0.05, 0.1) is 12.5 Å². The van der Waals surface area contributed by atoms with Gasteiger partial charge in [0.2, 0.25) is 0 Å². The van der Waals surface area contributed by atoms with E-state index in [4.69, 9.17) is 4.42 Å². The zero-order chi connectivity index (χ0) is 11.4. The second-order valence-electron chi connectivity index (χ2n) is 3.55. The zero-order valence-electron chi connectivity index (χ0n) is 8.61. The maximum atomic E-state index is 12.9. The number of phenols is 1. The molecule has 0 saturated carbocycles. The molecule has 4 heteroatoms. The number of hydrogen-bond donors (Lipinski definition) is 2. The number of nitrogens with one attached hydrogen (secondary N) is 1. The highest BCUT2D eigenvalue weighted by Crippen LogP contribution is 2.14. The van der Waals surface area contributed by atoms with E-state index in [1.807, 2.05) is 6.07 Å². The second-order valence-corrected chi connectivity index (χ2v) is 3.55. The molecule has 0 aliphatic rings. The molecule has 0 amide bonds. The molecular weight excluding hydrogens is 209 g/mol. The summed E-state index contributed by atoms with van der Waals surface area (Å²) in [6.07, 6.45) is 3.25. The topological polar surface area (TPSA) is 45.4 Å². The molecule has 1 aromatic heterocycles. The summed E-state index contributed by atoms with van der Waals surface area (Å²) in [7, 11) is 0. The van der Waals surface area contributed by atoms with Crippen LogP contribution in [0.25, 0.3) is 0 Å². The van der Waals surface area contributed by atoms with E-state index in [0.717, 1.165) is 11.6 Å². The van der Waals surface area contributed by atoms with Crippen molar-refractivity contribution in [2.75, 3.05) is 0 Å². The van der Waals surface area contributed by atoms with Crippen LogP contribution in [0.4, 0.5) is 4.39 Å².